The average Bonchev–Trinajstić information content (AvgIpc) is 3.31. The Hall–Kier alpha value is -3.59. The second-order valence-corrected chi connectivity index (χ2v) is 11.4. The highest BCUT2D eigenvalue weighted by Crippen LogP contribution is 2.42. The lowest BCUT2D eigenvalue weighted by Gasteiger charge is -2.35. The fourth-order valence-electron chi connectivity index (χ4n) is 5.40. The molecule has 0 aliphatic carbocycles. The first-order chi connectivity index (χ1) is 18.5. The summed E-state index contributed by atoms with van der Waals surface area (Å²) in [5, 5.41) is 14.8. The lowest BCUT2D eigenvalue weighted by molar-refractivity contribution is -0.150. The van der Waals surface area contributed by atoms with Crippen LogP contribution in [0, 0.1) is 5.41 Å². The van der Waals surface area contributed by atoms with Crippen LogP contribution in [-0.2, 0) is 24.7 Å². The molecule has 2 aromatic rings. The molecule has 210 valence electrons. The lowest BCUT2D eigenvalue weighted by atomic mass is 9.85. The normalized spacial score (nSPS) is 25.5. The molecule has 1 fully saturated rings. The highest BCUT2D eigenvalue weighted by Gasteiger charge is 2.52. The predicted molar refractivity (Wildman–Crippen MR) is 148 cm³/mol. The van der Waals surface area contributed by atoms with Gasteiger partial charge in [0.25, 0.3) is 0 Å². The Balaban J connectivity index is 1.83. The van der Waals surface area contributed by atoms with Crippen molar-refractivity contribution < 1.29 is 33.7 Å². The van der Waals surface area contributed by atoms with Crippen LogP contribution in [-0.4, -0.2) is 67.4 Å². The van der Waals surface area contributed by atoms with E-state index < -0.39 is 41.1 Å². The second kappa shape index (κ2) is 11.3. The van der Waals surface area contributed by atoms with Gasteiger partial charge in [-0.1, -0.05) is 45.1 Å². The smallest absolute Gasteiger partial charge is 0.407 e. The third-order valence-electron chi connectivity index (χ3n) is 7.67. The van der Waals surface area contributed by atoms with E-state index in [1.807, 2.05) is 57.2 Å². The van der Waals surface area contributed by atoms with Crippen LogP contribution in [0.5, 0.6) is 5.75 Å². The summed E-state index contributed by atoms with van der Waals surface area (Å²) in [6, 6.07) is 7.76. The quantitative estimate of drug-likeness (QED) is 0.582. The molecule has 2 aromatic carbocycles. The van der Waals surface area contributed by atoms with Crippen molar-refractivity contribution in [3.05, 3.63) is 47.5 Å². The van der Waals surface area contributed by atoms with Gasteiger partial charge in [0.1, 0.15) is 23.4 Å². The third kappa shape index (κ3) is 5.88. The number of carbonyl (C=O) groups excluding carboxylic acids is 2. The van der Waals surface area contributed by atoms with Gasteiger partial charge in [-0.15, -0.1) is 0 Å². The molecule has 0 radical (unpaired) electrons. The Morgan fingerprint density at radius 2 is 1.90 bits per heavy atom. The van der Waals surface area contributed by atoms with Crippen LogP contribution in [0.25, 0.3) is 16.8 Å². The van der Waals surface area contributed by atoms with E-state index in [1.165, 1.54) is 12.0 Å². The minimum Gasteiger partial charge on any atom is -0.496 e. The number of cyclic esters (lactones) is 1. The van der Waals surface area contributed by atoms with Crippen LogP contribution in [0.15, 0.2) is 36.4 Å². The number of ether oxygens (including phenoxy) is 3. The maximum atomic E-state index is 13.9. The molecule has 2 aliphatic heterocycles. The number of nitrogens with one attached hydrogen (secondary N) is 1. The fraction of sp³-hybridized carbons (Fsp3) is 0.500. The van der Waals surface area contributed by atoms with Gasteiger partial charge < -0.3 is 29.5 Å². The molecule has 39 heavy (non-hydrogen) atoms. The molecule has 0 aromatic heterocycles. The number of nitrogens with zero attached hydrogens (tertiary/aromatic N) is 1. The zero-order valence-corrected chi connectivity index (χ0v) is 23.3. The van der Waals surface area contributed by atoms with Gasteiger partial charge in [0.2, 0.25) is 5.91 Å². The van der Waals surface area contributed by atoms with Crippen molar-refractivity contribution in [1.29, 1.82) is 0 Å². The van der Waals surface area contributed by atoms with Crippen molar-refractivity contribution in [1.82, 2.24) is 10.2 Å². The lowest BCUT2D eigenvalue weighted by Crippen LogP contribution is -2.57. The highest BCUT2D eigenvalue weighted by atomic mass is 16.5. The van der Waals surface area contributed by atoms with E-state index in [4.69, 9.17) is 14.2 Å². The summed E-state index contributed by atoms with van der Waals surface area (Å²) >= 11 is 0. The number of hydrogen-bond donors (Lipinski definition) is 2. The summed E-state index contributed by atoms with van der Waals surface area (Å²) in [6.45, 7) is 5.70. The molecule has 9 heteroatoms. The molecule has 5 bridgehead atoms. The maximum Gasteiger partial charge on any atom is 0.407 e. The number of methoxy groups -OCH3 is 2. The van der Waals surface area contributed by atoms with E-state index >= 15 is 0 Å². The van der Waals surface area contributed by atoms with Gasteiger partial charge in [0.05, 0.1) is 20.3 Å². The number of benzene rings is 2. The first-order valence-electron chi connectivity index (χ1n) is 13.3. The molecule has 9 nitrogen and oxygen atoms in total. The molecular weight excluding hydrogens is 500 g/mol. The number of hydrogen-bond acceptors (Lipinski definition) is 6. The highest BCUT2D eigenvalue weighted by molar-refractivity contribution is 5.91. The number of amides is 2. The summed E-state index contributed by atoms with van der Waals surface area (Å²) in [6.07, 6.45) is 5.73. The van der Waals surface area contributed by atoms with Crippen LogP contribution in [0.4, 0.5) is 4.79 Å². The molecule has 2 aliphatic rings. The Kier molecular flexibility index (Phi) is 8.20. The molecule has 0 unspecified atom stereocenters. The predicted octanol–water partition coefficient (Wildman–Crippen LogP) is 4.71. The van der Waals surface area contributed by atoms with E-state index in [0.29, 0.717) is 6.42 Å². The van der Waals surface area contributed by atoms with E-state index in [0.717, 1.165) is 40.5 Å². The van der Waals surface area contributed by atoms with Gasteiger partial charge in [-0.2, -0.15) is 0 Å². The number of aliphatic carboxylic acids is 1. The minimum atomic E-state index is -1.13. The van der Waals surface area contributed by atoms with Gasteiger partial charge in [-0.25, -0.2) is 9.59 Å². The van der Waals surface area contributed by atoms with Crippen LogP contribution in [0.2, 0.25) is 0 Å². The van der Waals surface area contributed by atoms with Gasteiger partial charge in [-0.05, 0) is 59.2 Å². The van der Waals surface area contributed by atoms with Gasteiger partial charge >= 0.3 is 12.1 Å². The van der Waals surface area contributed by atoms with E-state index in [2.05, 4.69) is 11.4 Å². The molecule has 2 N–H and O–H groups in total. The van der Waals surface area contributed by atoms with Crippen LogP contribution in [0.3, 0.4) is 0 Å². The Bertz CT molecular complexity index is 1280. The molecular formula is C30H38N2O7. The molecule has 3 atom stereocenters. The number of carboxylic acids is 1. The first kappa shape index (κ1) is 28.4. The van der Waals surface area contributed by atoms with Gasteiger partial charge in [-0.3, -0.25) is 4.79 Å². The topological polar surface area (TPSA) is 114 Å². The number of carbonyl (C=O) groups is 3. The summed E-state index contributed by atoms with van der Waals surface area (Å²) < 4.78 is 17.0. The standard InChI is InChI=1S/C30H38N2O7/c1-29(2,3)25-26(33)32-18-30(38-5,17-23(32)27(34)35)22-12-11-19-16-24(37-4)20(14-21(19)15-22)10-8-6-7-9-13-39-28(36)31-25/h8,10-12,14-16,23,25H,6-7,9,13,17-18H2,1-5H3,(H,31,36)(H,34,35)/b10-8+/t23-,25+,30-/m0/s1. The van der Waals surface area contributed by atoms with Crippen molar-refractivity contribution in [2.45, 2.75) is 64.1 Å². The Labute approximate surface area is 229 Å². The first-order valence-corrected chi connectivity index (χ1v) is 13.3. The summed E-state index contributed by atoms with van der Waals surface area (Å²) in [5.41, 5.74) is -0.0488. The SMILES string of the molecule is COc1cc2ccc3cc2cc1/C=C/CCCCOC(=O)N[C@@H](C(C)(C)C)C(=O)N1C[C@@]3(OC)C[C@H]1C(=O)O. The second-order valence-electron chi connectivity index (χ2n) is 11.4. The molecule has 2 amide bonds. The maximum absolute atomic E-state index is 13.9. The van der Waals surface area contributed by atoms with Crippen LogP contribution in [0.1, 0.15) is 57.6 Å². The van der Waals surface area contributed by atoms with Crippen LogP contribution >= 0.6 is 0 Å². The minimum absolute atomic E-state index is 0.0248. The summed E-state index contributed by atoms with van der Waals surface area (Å²) in [4.78, 5) is 40.3. The molecule has 4 rings (SSSR count). The van der Waals surface area contributed by atoms with Crippen molar-refractivity contribution in [3.63, 3.8) is 0 Å². The number of rotatable bonds is 3. The van der Waals surface area contributed by atoms with E-state index in [1.54, 1.807) is 7.11 Å². The Morgan fingerprint density at radius 3 is 2.56 bits per heavy atom. The largest absolute Gasteiger partial charge is 0.496 e. The number of allylic oxidation sites excluding steroid dienone is 1. The molecule has 2 heterocycles. The van der Waals surface area contributed by atoms with Crippen LogP contribution < -0.4 is 10.1 Å². The number of alkyl carbamates (subject to hydrolysis) is 1. The zero-order chi connectivity index (χ0) is 28.4. The van der Waals surface area contributed by atoms with Crippen molar-refractivity contribution in [2.75, 3.05) is 27.4 Å². The van der Waals surface area contributed by atoms with E-state index in [-0.39, 0.29) is 19.6 Å². The number of carboxylic acid groups (broad SMARTS) is 1. The van der Waals surface area contributed by atoms with Gasteiger partial charge in [0, 0.05) is 19.1 Å². The average molecular weight is 539 g/mol. The third-order valence-corrected chi connectivity index (χ3v) is 7.67. The van der Waals surface area contributed by atoms with Crippen molar-refractivity contribution in [2.24, 2.45) is 5.41 Å². The van der Waals surface area contributed by atoms with Gasteiger partial charge in [0.15, 0.2) is 0 Å². The molecule has 0 saturated carbocycles. The molecule has 1 saturated heterocycles. The van der Waals surface area contributed by atoms with E-state index in [9.17, 15) is 19.5 Å². The fourth-order valence-corrected chi connectivity index (χ4v) is 5.40. The monoisotopic (exact) mass is 538 g/mol. The van der Waals surface area contributed by atoms with Crippen molar-refractivity contribution >= 4 is 34.8 Å². The summed E-state index contributed by atoms with van der Waals surface area (Å²) in [7, 11) is 3.17. The zero-order valence-electron chi connectivity index (χ0n) is 23.3. The molecule has 0 spiro atoms. The number of fused-ring (bicyclic) bond motifs is 5. The summed E-state index contributed by atoms with van der Waals surface area (Å²) in [5.74, 6) is -0.867. The Morgan fingerprint density at radius 1 is 1.13 bits per heavy atom. The van der Waals surface area contributed by atoms with Crippen molar-refractivity contribution in [3.8, 4) is 5.75 Å².